The summed E-state index contributed by atoms with van der Waals surface area (Å²) in [5.74, 6) is 0.362. The first-order valence-electron chi connectivity index (χ1n) is 6.09. The fraction of sp³-hybridized carbons (Fsp3) is 0.154. The molecule has 0 aliphatic rings. The minimum atomic E-state index is -0.247. The van der Waals surface area contributed by atoms with Crippen LogP contribution in [0.15, 0.2) is 46.6 Å². The second kappa shape index (κ2) is 5.70. The molecular weight excluding hydrogens is 276 g/mol. The van der Waals surface area contributed by atoms with Crippen molar-refractivity contribution in [2.24, 2.45) is 0 Å². The lowest BCUT2D eigenvalue weighted by atomic mass is 10.3. The van der Waals surface area contributed by atoms with Crippen molar-refractivity contribution in [3.05, 3.63) is 47.7 Å². The SMILES string of the molecule is O=C(NCCn1cccn1)c1cc(-c2cccs2)on1. The van der Waals surface area contributed by atoms with E-state index in [0.29, 0.717) is 18.8 Å². The van der Waals surface area contributed by atoms with E-state index in [2.05, 4.69) is 15.6 Å². The maximum absolute atomic E-state index is 11.9. The maximum atomic E-state index is 11.9. The average Bonchev–Trinajstić information content (AvgIpc) is 3.20. The lowest BCUT2D eigenvalue weighted by Crippen LogP contribution is -2.27. The number of nitrogens with zero attached hydrogens (tertiary/aromatic N) is 3. The van der Waals surface area contributed by atoms with Crippen LogP contribution in [-0.4, -0.2) is 27.4 Å². The fourth-order valence-electron chi connectivity index (χ4n) is 1.72. The average molecular weight is 288 g/mol. The van der Waals surface area contributed by atoms with Gasteiger partial charge in [-0.15, -0.1) is 11.3 Å². The van der Waals surface area contributed by atoms with E-state index < -0.39 is 0 Å². The van der Waals surface area contributed by atoms with Crippen molar-refractivity contribution in [2.45, 2.75) is 6.54 Å². The molecule has 0 bridgehead atoms. The van der Waals surface area contributed by atoms with Crippen LogP contribution in [0.2, 0.25) is 0 Å². The normalized spacial score (nSPS) is 10.6. The van der Waals surface area contributed by atoms with Gasteiger partial charge < -0.3 is 9.84 Å². The molecule has 0 saturated heterocycles. The topological polar surface area (TPSA) is 73.0 Å². The number of thiophene rings is 1. The highest BCUT2D eigenvalue weighted by Crippen LogP contribution is 2.24. The molecule has 1 amide bonds. The second-order valence-corrected chi connectivity index (χ2v) is 5.03. The monoisotopic (exact) mass is 288 g/mol. The Labute approximate surface area is 119 Å². The first-order valence-corrected chi connectivity index (χ1v) is 6.97. The number of hydrogen-bond acceptors (Lipinski definition) is 5. The van der Waals surface area contributed by atoms with Gasteiger partial charge in [-0.3, -0.25) is 9.48 Å². The third kappa shape index (κ3) is 2.77. The zero-order valence-electron chi connectivity index (χ0n) is 10.5. The summed E-state index contributed by atoms with van der Waals surface area (Å²) in [5, 5.41) is 12.6. The molecule has 0 aliphatic carbocycles. The van der Waals surface area contributed by atoms with Crippen LogP contribution < -0.4 is 5.32 Å². The van der Waals surface area contributed by atoms with Gasteiger partial charge in [0.15, 0.2) is 11.5 Å². The van der Waals surface area contributed by atoms with Gasteiger partial charge in [-0.25, -0.2) is 0 Å². The summed E-state index contributed by atoms with van der Waals surface area (Å²) in [6.07, 6.45) is 3.55. The smallest absolute Gasteiger partial charge is 0.273 e. The van der Waals surface area contributed by atoms with Gasteiger partial charge in [0.1, 0.15) is 0 Å². The standard InChI is InChI=1S/C13H12N4O2S/c18-13(14-5-7-17-6-2-4-15-17)10-9-11(19-16-10)12-3-1-8-20-12/h1-4,6,8-9H,5,7H2,(H,14,18). The van der Waals surface area contributed by atoms with Crippen LogP contribution in [0, 0.1) is 0 Å². The number of amides is 1. The van der Waals surface area contributed by atoms with E-state index in [9.17, 15) is 4.79 Å². The Morgan fingerprint density at radius 2 is 2.40 bits per heavy atom. The Bertz CT molecular complexity index is 673. The number of rotatable bonds is 5. The molecule has 0 spiro atoms. The number of nitrogens with one attached hydrogen (secondary N) is 1. The van der Waals surface area contributed by atoms with Gasteiger partial charge in [0.2, 0.25) is 0 Å². The Hall–Kier alpha value is -2.41. The number of hydrogen-bond donors (Lipinski definition) is 1. The molecule has 7 heteroatoms. The van der Waals surface area contributed by atoms with Crippen LogP contribution in [0.3, 0.4) is 0 Å². The zero-order chi connectivity index (χ0) is 13.8. The van der Waals surface area contributed by atoms with Crippen LogP contribution in [0.4, 0.5) is 0 Å². The van der Waals surface area contributed by atoms with Gasteiger partial charge in [-0.1, -0.05) is 11.2 Å². The summed E-state index contributed by atoms with van der Waals surface area (Å²) in [7, 11) is 0. The molecule has 0 saturated carbocycles. The number of aromatic nitrogens is 3. The van der Waals surface area contributed by atoms with Crippen molar-refractivity contribution in [1.82, 2.24) is 20.3 Å². The number of carbonyl (C=O) groups excluding carboxylic acids is 1. The number of carbonyl (C=O) groups is 1. The van der Waals surface area contributed by atoms with E-state index in [1.807, 2.05) is 29.8 Å². The summed E-state index contributed by atoms with van der Waals surface area (Å²) in [6.45, 7) is 1.11. The van der Waals surface area contributed by atoms with Gasteiger partial charge in [0.05, 0.1) is 11.4 Å². The minimum Gasteiger partial charge on any atom is -0.355 e. The molecule has 0 aromatic carbocycles. The van der Waals surface area contributed by atoms with E-state index >= 15 is 0 Å². The maximum Gasteiger partial charge on any atom is 0.273 e. The highest BCUT2D eigenvalue weighted by Gasteiger charge is 2.13. The molecule has 20 heavy (non-hydrogen) atoms. The summed E-state index contributed by atoms with van der Waals surface area (Å²) in [4.78, 5) is 12.8. The van der Waals surface area contributed by atoms with Gasteiger partial charge in [0, 0.05) is 25.0 Å². The zero-order valence-corrected chi connectivity index (χ0v) is 11.3. The summed E-state index contributed by atoms with van der Waals surface area (Å²) in [5.41, 5.74) is 0.286. The van der Waals surface area contributed by atoms with E-state index in [-0.39, 0.29) is 11.6 Å². The summed E-state index contributed by atoms with van der Waals surface area (Å²) < 4.78 is 6.91. The Morgan fingerprint density at radius 1 is 1.45 bits per heavy atom. The molecule has 3 aromatic rings. The Balaban J connectivity index is 1.57. The third-order valence-electron chi connectivity index (χ3n) is 2.69. The molecule has 1 N–H and O–H groups in total. The lowest BCUT2D eigenvalue weighted by molar-refractivity contribution is 0.0943. The molecule has 3 heterocycles. The molecule has 3 rings (SSSR count). The van der Waals surface area contributed by atoms with Crippen LogP contribution >= 0.6 is 11.3 Å². The van der Waals surface area contributed by atoms with Crippen molar-refractivity contribution in [1.29, 1.82) is 0 Å². The predicted molar refractivity (Wildman–Crippen MR) is 74.4 cm³/mol. The molecule has 0 fully saturated rings. The van der Waals surface area contributed by atoms with Gasteiger partial charge in [0.25, 0.3) is 5.91 Å². The highest BCUT2D eigenvalue weighted by atomic mass is 32.1. The first-order chi connectivity index (χ1) is 9.83. The summed E-state index contributed by atoms with van der Waals surface area (Å²) >= 11 is 1.54. The van der Waals surface area contributed by atoms with Gasteiger partial charge in [-0.05, 0) is 17.5 Å². The highest BCUT2D eigenvalue weighted by molar-refractivity contribution is 7.13. The van der Waals surface area contributed by atoms with E-state index in [1.54, 1.807) is 28.3 Å². The molecule has 6 nitrogen and oxygen atoms in total. The van der Waals surface area contributed by atoms with Gasteiger partial charge >= 0.3 is 0 Å². The predicted octanol–water partition coefficient (Wildman–Crippen LogP) is 2.03. The Morgan fingerprint density at radius 3 is 3.15 bits per heavy atom. The van der Waals surface area contributed by atoms with E-state index in [0.717, 1.165) is 4.88 Å². The van der Waals surface area contributed by atoms with E-state index in [1.165, 1.54) is 0 Å². The third-order valence-corrected chi connectivity index (χ3v) is 3.58. The van der Waals surface area contributed by atoms with Crippen LogP contribution in [0.25, 0.3) is 10.6 Å². The lowest BCUT2D eigenvalue weighted by Gasteiger charge is -2.02. The molecule has 102 valence electrons. The second-order valence-electron chi connectivity index (χ2n) is 4.08. The van der Waals surface area contributed by atoms with Crippen LogP contribution in [0.1, 0.15) is 10.5 Å². The van der Waals surface area contributed by atoms with Crippen molar-refractivity contribution in [2.75, 3.05) is 6.54 Å². The van der Waals surface area contributed by atoms with Crippen molar-refractivity contribution >= 4 is 17.2 Å². The molecular formula is C13H12N4O2S. The van der Waals surface area contributed by atoms with Crippen molar-refractivity contribution in [3.8, 4) is 10.6 Å². The molecule has 0 aliphatic heterocycles. The van der Waals surface area contributed by atoms with E-state index in [4.69, 9.17) is 4.52 Å². The first kappa shape index (κ1) is 12.6. The van der Waals surface area contributed by atoms with Crippen molar-refractivity contribution in [3.63, 3.8) is 0 Å². The molecule has 0 atom stereocenters. The quantitative estimate of drug-likeness (QED) is 0.779. The molecule has 3 aromatic heterocycles. The molecule has 0 unspecified atom stereocenters. The van der Waals surface area contributed by atoms with Gasteiger partial charge in [-0.2, -0.15) is 5.10 Å². The van der Waals surface area contributed by atoms with Crippen molar-refractivity contribution < 1.29 is 9.32 Å². The Kier molecular flexibility index (Phi) is 3.60. The minimum absolute atomic E-state index is 0.247. The fourth-order valence-corrected chi connectivity index (χ4v) is 2.40. The summed E-state index contributed by atoms with van der Waals surface area (Å²) in [6, 6.07) is 7.33. The van der Waals surface area contributed by atoms with Crippen LogP contribution in [0.5, 0.6) is 0 Å². The largest absolute Gasteiger partial charge is 0.355 e. The molecule has 0 radical (unpaired) electrons. The van der Waals surface area contributed by atoms with Crippen LogP contribution in [-0.2, 0) is 6.54 Å².